The molecule has 4 rings (SSSR count). The number of ether oxygens (including phenoxy) is 4. The molecule has 0 saturated heterocycles. The molecule has 1 unspecified atom stereocenters. The van der Waals surface area contributed by atoms with Crippen LogP contribution in [0.3, 0.4) is 0 Å². The molecule has 2 aromatic rings. The Morgan fingerprint density at radius 3 is 2.50 bits per heavy atom. The minimum atomic E-state index is -0.583. The second-order valence-corrected chi connectivity index (χ2v) is 9.41. The van der Waals surface area contributed by atoms with Crippen molar-refractivity contribution in [2.75, 3.05) is 34.5 Å². The Bertz CT molecular complexity index is 1270. The van der Waals surface area contributed by atoms with Crippen molar-refractivity contribution in [1.29, 1.82) is 0 Å². The summed E-state index contributed by atoms with van der Waals surface area (Å²) in [5.41, 5.74) is 3.45. The molecule has 0 aromatic heterocycles. The number of amidine groups is 1. The highest BCUT2D eigenvalue weighted by molar-refractivity contribution is 8.16. The van der Waals surface area contributed by atoms with Crippen molar-refractivity contribution in [3.63, 3.8) is 0 Å². The quantitative estimate of drug-likeness (QED) is 0.337. The fourth-order valence-electron chi connectivity index (χ4n) is 4.29. The van der Waals surface area contributed by atoms with E-state index < -0.39 is 12.0 Å². The molecule has 2 aliphatic heterocycles. The lowest BCUT2D eigenvalue weighted by Crippen LogP contribution is -2.38. The van der Waals surface area contributed by atoms with Crippen LogP contribution in [0.1, 0.15) is 30.5 Å². The maximum Gasteiger partial charge on any atom is 0.338 e. The fourth-order valence-corrected chi connectivity index (χ4v) is 5.25. The van der Waals surface area contributed by atoms with Gasteiger partial charge in [-0.1, -0.05) is 48.2 Å². The highest BCUT2D eigenvalue weighted by atomic mass is 32.2. The van der Waals surface area contributed by atoms with Gasteiger partial charge >= 0.3 is 5.97 Å². The summed E-state index contributed by atoms with van der Waals surface area (Å²) in [5.74, 6) is 0.463. The Balaban J connectivity index is 1.65. The molecule has 200 valence electrons. The zero-order valence-corrected chi connectivity index (χ0v) is 22.7. The molecular weight excluding hydrogens is 506 g/mol. The average molecular weight is 538 g/mol. The molecule has 1 N–H and O–H groups in total. The number of esters is 1. The summed E-state index contributed by atoms with van der Waals surface area (Å²) in [6, 6.07) is 14.6. The first kappa shape index (κ1) is 27.3. The third kappa shape index (κ3) is 6.03. The number of rotatable bonds is 11. The van der Waals surface area contributed by atoms with E-state index in [9.17, 15) is 9.59 Å². The Morgan fingerprint density at radius 2 is 1.79 bits per heavy atom. The molecule has 9 nitrogen and oxygen atoms in total. The Morgan fingerprint density at radius 1 is 1.03 bits per heavy atom. The number of fused-ring (bicyclic) bond motifs is 1. The number of carbonyl (C=O) groups excluding carboxylic acids is 2. The number of carbonyl (C=O) groups is 2. The van der Waals surface area contributed by atoms with Crippen LogP contribution >= 0.6 is 11.8 Å². The van der Waals surface area contributed by atoms with Crippen LogP contribution in [0.4, 0.5) is 0 Å². The minimum absolute atomic E-state index is 0.112. The SMILES string of the molecule is COCCOC(=O)C1=C(C)N=C2SC=C(CC(=O)NCc3ccccc3)N2C1c1ccc(OC)c(OC)c1. The summed E-state index contributed by atoms with van der Waals surface area (Å²) in [6.45, 7) is 2.60. The topological polar surface area (TPSA) is 98.7 Å². The number of amides is 1. The zero-order chi connectivity index (χ0) is 27.1. The highest BCUT2D eigenvalue weighted by Crippen LogP contribution is 2.46. The third-order valence-electron chi connectivity index (χ3n) is 6.14. The summed E-state index contributed by atoms with van der Waals surface area (Å²) in [5, 5.41) is 5.56. The number of nitrogens with one attached hydrogen (secondary N) is 1. The van der Waals surface area contributed by atoms with E-state index >= 15 is 0 Å². The third-order valence-corrected chi connectivity index (χ3v) is 7.03. The van der Waals surface area contributed by atoms with Gasteiger partial charge in [0.15, 0.2) is 16.7 Å². The zero-order valence-electron chi connectivity index (χ0n) is 21.9. The van der Waals surface area contributed by atoms with Crippen LogP contribution in [0.5, 0.6) is 11.5 Å². The molecule has 0 aliphatic carbocycles. The normalized spacial score (nSPS) is 16.4. The van der Waals surface area contributed by atoms with Gasteiger partial charge < -0.3 is 29.2 Å². The predicted molar refractivity (Wildman–Crippen MR) is 146 cm³/mol. The number of allylic oxidation sites excluding steroid dienone is 1. The summed E-state index contributed by atoms with van der Waals surface area (Å²) >= 11 is 1.42. The summed E-state index contributed by atoms with van der Waals surface area (Å²) in [4.78, 5) is 32.9. The van der Waals surface area contributed by atoms with Gasteiger partial charge in [-0.3, -0.25) is 4.79 Å². The standard InChI is InChI=1S/C28H31N3O6S/c1-18-25(27(33)37-13-12-34-2)26(20-10-11-22(35-3)23(14-20)36-4)31-21(17-38-28(31)30-18)15-24(32)29-16-19-8-6-5-7-9-19/h5-11,14,17,26H,12-13,15-16H2,1-4H3,(H,29,32). The molecule has 0 radical (unpaired) electrons. The number of methoxy groups -OCH3 is 3. The lowest BCUT2D eigenvalue weighted by atomic mass is 9.93. The van der Waals surface area contributed by atoms with Crippen LogP contribution in [-0.2, 0) is 25.6 Å². The summed E-state index contributed by atoms with van der Waals surface area (Å²) in [6.07, 6.45) is 0.119. The van der Waals surface area contributed by atoms with Crippen LogP contribution < -0.4 is 14.8 Å². The van der Waals surface area contributed by atoms with Crippen molar-refractivity contribution in [3.05, 3.63) is 82.0 Å². The van der Waals surface area contributed by atoms with Crippen LogP contribution in [0.15, 0.2) is 75.9 Å². The van der Waals surface area contributed by atoms with Gasteiger partial charge in [0.25, 0.3) is 0 Å². The first-order valence-corrected chi connectivity index (χ1v) is 13.0. The Hall–Kier alpha value is -3.76. The van der Waals surface area contributed by atoms with Crippen LogP contribution in [0.25, 0.3) is 0 Å². The van der Waals surface area contributed by atoms with E-state index in [1.807, 2.05) is 52.8 Å². The van der Waals surface area contributed by atoms with E-state index in [1.54, 1.807) is 34.3 Å². The largest absolute Gasteiger partial charge is 0.493 e. The highest BCUT2D eigenvalue weighted by Gasteiger charge is 2.41. The average Bonchev–Trinajstić information content (AvgIpc) is 3.32. The lowest BCUT2D eigenvalue weighted by Gasteiger charge is -2.36. The van der Waals surface area contributed by atoms with E-state index in [-0.39, 0.29) is 25.5 Å². The van der Waals surface area contributed by atoms with Crippen LogP contribution in [0.2, 0.25) is 0 Å². The molecule has 0 bridgehead atoms. The van der Waals surface area contributed by atoms with Gasteiger partial charge in [-0.2, -0.15) is 0 Å². The molecule has 2 aromatic carbocycles. The number of hydrogen-bond donors (Lipinski definition) is 1. The molecule has 0 spiro atoms. The second kappa shape index (κ2) is 12.7. The molecule has 0 saturated carbocycles. The van der Waals surface area contributed by atoms with E-state index in [0.29, 0.717) is 34.5 Å². The van der Waals surface area contributed by atoms with Gasteiger partial charge in [-0.05, 0) is 35.6 Å². The first-order valence-electron chi connectivity index (χ1n) is 12.1. The lowest BCUT2D eigenvalue weighted by molar-refractivity contribution is -0.141. The van der Waals surface area contributed by atoms with Crippen molar-refractivity contribution in [3.8, 4) is 11.5 Å². The van der Waals surface area contributed by atoms with E-state index in [1.165, 1.54) is 11.8 Å². The smallest absolute Gasteiger partial charge is 0.338 e. The van der Waals surface area contributed by atoms with Gasteiger partial charge in [-0.25, -0.2) is 9.79 Å². The predicted octanol–water partition coefficient (Wildman–Crippen LogP) is 4.17. The number of thioether (sulfide) groups is 1. The van der Waals surface area contributed by atoms with Crippen molar-refractivity contribution in [2.24, 2.45) is 4.99 Å². The maximum atomic E-state index is 13.3. The monoisotopic (exact) mass is 537 g/mol. The molecule has 1 amide bonds. The molecule has 38 heavy (non-hydrogen) atoms. The molecule has 1 atom stereocenters. The fraction of sp³-hybridized carbons (Fsp3) is 0.321. The van der Waals surface area contributed by atoms with Gasteiger partial charge in [0.05, 0.1) is 44.6 Å². The first-order chi connectivity index (χ1) is 18.5. The molecule has 10 heteroatoms. The second-order valence-electron chi connectivity index (χ2n) is 8.58. The molecule has 2 aliphatic rings. The van der Waals surface area contributed by atoms with E-state index in [2.05, 4.69) is 5.32 Å². The maximum absolute atomic E-state index is 13.3. The summed E-state index contributed by atoms with van der Waals surface area (Å²) < 4.78 is 21.5. The number of hydrogen-bond acceptors (Lipinski definition) is 9. The van der Waals surface area contributed by atoms with Gasteiger partial charge in [0.1, 0.15) is 6.61 Å². The van der Waals surface area contributed by atoms with Gasteiger partial charge in [0.2, 0.25) is 5.91 Å². The van der Waals surface area contributed by atoms with Crippen molar-refractivity contribution >= 4 is 28.8 Å². The molecule has 0 fully saturated rings. The number of aliphatic imine (C=N–C) groups is 1. The van der Waals surface area contributed by atoms with Crippen molar-refractivity contribution < 1.29 is 28.5 Å². The Kier molecular flexibility index (Phi) is 9.09. The number of nitrogens with zero attached hydrogens (tertiary/aromatic N) is 2. The molecular formula is C28H31N3O6S. The number of benzene rings is 2. The van der Waals surface area contributed by atoms with Crippen molar-refractivity contribution in [1.82, 2.24) is 10.2 Å². The molecule has 2 heterocycles. The summed E-state index contributed by atoms with van der Waals surface area (Å²) in [7, 11) is 4.67. The minimum Gasteiger partial charge on any atom is -0.493 e. The van der Waals surface area contributed by atoms with Crippen molar-refractivity contribution in [2.45, 2.75) is 25.9 Å². The van der Waals surface area contributed by atoms with E-state index in [0.717, 1.165) is 16.8 Å². The van der Waals surface area contributed by atoms with Gasteiger partial charge in [-0.15, -0.1) is 0 Å². The Labute approximate surface area is 226 Å². The van der Waals surface area contributed by atoms with Crippen LogP contribution in [0, 0.1) is 0 Å². The van der Waals surface area contributed by atoms with Crippen LogP contribution in [-0.4, -0.2) is 56.5 Å². The van der Waals surface area contributed by atoms with Gasteiger partial charge in [0, 0.05) is 19.4 Å². The van der Waals surface area contributed by atoms with E-state index in [4.69, 9.17) is 23.9 Å².